The fourth-order valence-corrected chi connectivity index (χ4v) is 2.74. The number of nitrogens with two attached hydrogens (primary N) is 1. The number of amides is 1. The van der Waals surface area contributed by atoms with Crippen molar-refractivity contribution in [2.75, 3.05) is 6.54 Å². The molecule has 134 valence electrons. The van der Waals surface area contributed by atoms with E-state index >= 15 is 0 Å². The Labute approximate surface area is 146 Å². The number of aromatic nitrogens is 2. The van der Waals surface area contributed by atoms with Crippen LogP contribution >= 0.6 is 0 Å². The van der Waals surface area contributed by atoms with E-state index in [1.54, 1.807) is 24.4 Å². The Kier molecular flexibility index (Phi) is 5.53. The van der Waals surface area contributed by atoms with Crippen molar-refractivity contribution in [1.29, 1.82) is 0 Å². The minimum absolute atomic E-state index is 0.00118. The van der Waals surface area contributed by atoms with Gasteiger partial charge in [-0.15, -0.1) is 0 Å². The Bertz CT molecular complexity index is 754. The van der Waals surface area contributed by atoms with Crippen LogP contribution in [0.3, 0.4) is 0 Å². The summed E-state index contributed by atoms with van der Waals surface area (Å²) in [6, 6.07) is 7.55. The van der Waals surface area contributed by atoms with Gasteiger partial charge in [-0.25, -0.2) is 4.68 Å². The van der Waals surface area contributed by atoms with Crippen LogP contribution in [-0.4, -0.2) is 32.7 Å². The molecule has 2 aromatic rings. The summed E-state index contributed by atoms with van der Waals surface area (Å²) in [5, 5.41) is 17.9. The molecule has 3 N–H and O–H groups in total. The number of nitrogens with one attached hydrogen (secondary N) is 1. The summed E-state index contributed by atoms with van der Waals surface area (Å²) in [4.78, 5) is 22.7. The van der Waals surface area contributed by atoms with Crippen molar-refractivity contribution in [3.63, 3.8) is 0 Å². The van der Waals surface area contributed by atoms with Gasteiger partial charge in [0, 0.05) is 24.9 Å². The van der Waals surface area contributed by atoms with E-state index in [0.29, 0.717) is 18.2 Å². The van der Waals surface area contributed by atoms with Gasteiger partial charge in [0.05, 0.1) is 16.1 Å². The van der Waals surface area contributed by atoms with Crippen LogP contribution in [0.15, 0.2) is 36.5 Å². The maximum atomic E-state index is 12.5. The zero-order chi connectivity index (χ0) is 18.6. The number of hydrogen-bond acceptors (Lipinski definition) is 5. The molecule has 0 fully saturated rings. The fourth-order valence-electron chi connectivity index (χ4n) is 2.74. The summed E-state index contributed by atoms with van der Waals surface area (Å²) in [5.74, 6) is 0.0979. The molecule has 0 bridgehead atoms. The number of nitrogens with zero attached hydrogens (tertiary/aromatic N) is 3. The predicted molar refractivity (Wildman–Crippen MR) is 94.6 cm³/mol. The van der Waals surface area contributed by atoms with Crippen LogP contribution < -0.4 is 11.1 Å². The zero-order valence-corrected chi connectivity index (χ0v) is 14.6. The Morgan fingerprint density at radius 2 is 2.00 bits per heavy atom. The smallest absolute Gasteiger partial charge is 0.272 e. The first-order chi connectivity index (χ1) is 11.7. The van der Waals surface area contributed by atoms with Crippen LogP contribution in [0.25, 0.3) is 5.69 Å². The van der Waals surface area contributed by atoms with Gasteiger partial charge < -0.3 is 11.1 Å². The molecule has 0 saturated carbocycles. The van der Waals surface area contributed by atoms with Crippen LogP contribution in [0.4, 0.5) is 5.69 Å². The molecule has 1 aromatic carbocycles. The molecule has 0 aliphatic heterocycles. The van der Waals surface area contributed by atoms with Crippen molar-refractivity contribution < 1.29 is 9.72 Å². The first-order valence-electron chi connectivity index (χ1n) is 8.07. The standard InChI is InChI=1S/C17H23N5O3/c1-12(2)10-17(3,11-18)19-16(23)15-8-9-21(20-15)13-4-6-14(7-5-13)22(24)25/h4-9,12H,10-11,18H2,1-3H3,(H,19,23). The lowest BCUT2D eigenvalue weighted by Gasteiger charge is -2.30. The number of rotatable bonds is 7. The van der Waals surface area contributed by atoms with Gasteiger partial charge in [0.25, 0.3) is 11.6 Å². The second-order valence-electron chi connectivity index (χ2n) is 6.74. The van der Waals surface area contributed by atoms with Gasteiger partial charge in [0.15, 0.2) is 5.69 Å². The highest BCUT2D eigenvalue weighted by atomic mass is 16.6. The molecule has 1 amide bonds. The highest BCUT2D eigenvalue weighted by Crippen LogP contribution is 2.17. The maximum Gasteiger partial charge on any atom is 0.272 e. The Balaban J connectivity index is 2.14. The van der Waals surface area contributed by atoms with Gasteiger partial charge in [-0.05, 0) is 37.5 Å². The van der Waals surface area contributed by atoms with E-state index in [-0.39, 0.29) is 17.3 Å². The Morgan fingerprint density at radius 1 is 1.36 bits per heavy atom. The van der Waals surface area contributed by atoms with Gasteiger partial charge in [-0.3, -0.25) is 14.9 Å². The van der Waals surface area contributed by atoms with Gasteiger partial charge in [0.1, 0.15) is 0 Å². The third-order valence-electron chi connectivity index (χ3n) is 3.87. The first kappa shape index (κ1) is 18.6. The van der Waals surface area contributed by atoms with E-state index in [9.17, 15) is 14.9 Å². The lowest BCUT2D eigenvalue weighted by molar-refractivity contribution is -0.384. The van der Waals surface area contributed by atoms with E-state index in [0.717, 1.165) is 6.42 Å². The summed E-state index contributed by atoms with van der Waals surface area (Å²) >= 11 is 0. The van der Waals surface area contributed by atoms with E-state index < -0.39 is 10.5 Å². The number of carbonyl (C=O) groups excluding carboxylic acids is 1. The highest BCUT2D eigenvalue weighted by Gasteiger charge is 2.27. The Morgan fingerprint density at radius 3 is 2.52 bits per heavy atom. The molecule has 1 unspecified atom stereocenters. The minimum atomic E-state index is -0.498. The summed E-state index contributed by atoms with van der Waals surface area (Å²) in [6.07, 6.45) is 2.40. The van der Waals surface area contributed by atoms with Crippen LogP contribution in [0.5, 0.6) is 0 Å². The van der Waals surface area contributed by atoms with Crippen LogP contribution in [-0.2, 0) is 0 Å². The molecule has 0 radical (unpaired) electrons. The van der Waals surface area contributed by atoms with Crippen LogP contribution in [0.1, 0.15) is 37.7 Å². The van der Waals surface area contributed by atoms with Gasteiger partial charge >= 0.3 is 0 Å². The molecule has 0 spiro atoms. The zero-order valence-electron chi connectivity index (χ0n) is 14.6. The molecule has 8 heteroatoms. The summed E-state index contributed by atoms with van der Waals surface area (Å²) < 4.78 is 1.50. The SMILES string of the molecule is CC(C)CC(C)(CN)NC(=O)c1ccn(-c2ccc([N+](=O)[O-])cc2)n1. The molecule has 1 aromatic heterocycles. The van der Waals surface area contributed by atoms with E-state index in [4.69, 9.17) is 5.73 Å². The molecule has 0 saturated heterocycles. The van der Waals surface area contributed by atoms with E-state index in [1.807, 2.05) is 6.92 Å². The quantitative estimate of drug-likeness (QED) is 0.590. The van der Waals surface area contributed by atoms with Gasteiger partial charge in [-0.2, -0.15) is 5.10 Å². The Hall–Kier alpha value is -2.74. The molecule has 2 rings (SSSR count). The third kappa shape index (κ3) is 4.63. The topological polar surface area (TPSA) is 116 Å². The largest absolute Gasteiger partial charge is 0.344 e. The van der Waals surface area contributed by atoms with Crippen molar-refractivity contribution in [2.24, 2.45) is 11.7 Å². The number of non-ortho nitro benzene ring substituents is 1. The van der Waals surface area contributed by atoms with Gasteiger partial charge in [-0.1, -0.05) is 13.8 Å². The van der Waals surface area contributed by atoms with Gasteiger partial charge in [0.2, 0.25) is 0 Å². The molecule has 8 nitrogen and oxygen atoms in total. The number of hydrogen-bond donors (Lipinski definition) is 2. The highest BCUT2D eigenvalue weighted by molar-refractivity contribution is 5.92. The molecule has 25 heavy (non-hydrogen) atoms. The minimum Gasteiger partial charge on any atom is -0.344 e. The second-order valence-corrected chi connectivity index (χ2v) is 6.74. The first-order valence-corrected chi connectivity index (χ1v) is 8.07. The van der Waals surface area contributed by atoms with Crippen molar-refractivity contribution in [2.45, 2.75) is 32.7 Å². The average Bonchev–Trinajstić information content (AvgIpc) is 3.04. The van der Waals surface area contributed by atoms with Crippen molar-refractivity contribution >= 4 is 11.6 Å². The molecule has 1 heterocycles. The fraction of sp³-hybridized carbons (Fsp3) is 0.412. The molecule has 0 aliphatic rings. The second kappa shape index (κ2) is 7.43. The number of nitro groups is 1. The lowest BCUT2D eigenvalue weighted by atomic mass is 9.90. The number of carbonyl (C=O) groups is 1. The third-order valence-corrected chi connectivity index (χ3v) is 3.87. The van der Waals surface area contributed by atoms with Crippen molar-refractivity contribution in [3.05, 3.63) is 52.3 Å². The van der Waals surface area contributed by atoms with Crippen molar-refractivity contribution in [1.82, 2.24) is 15.1 Å². The molecule has 0 aliphatic carbocycles. The van der Waals surface area contributed by atoms with Crippen LogP contribution in [0, 0.1) is 16.0 Å². The molecule has 1 atom stereocenters. The predicted octanol–water partition coefficient (Wildman–Crippen LogP) is 2.27. The molecular formula is C17H23N5O3. The summed E-state index contributed by atoms with van der Waals surface area (Å²) in [5.41, 5.74) is 6.22. The summed E-state index contributed by atoms with van der Waals surface area (Å²) in [6.45, 7) is 6.39. The van der Waals surface area contributed by atoms with E-state index in [1.165, 1.54) is 16.8 Å². The maximum absolute atomic E-state index is 12.5. The lowest BCUT2D eigenvalue weighted by Crippen LogP contribution is -2.52. The summed E-state index contributed by atoms with van der Waals surface area (Å²) in [7, 11) is 0. The van der Waals surface area contributed by atoms with Crippen LogP contribution in [0.2, 0.25) is 0 Å². The van der Waals surface area contributed by atoms with Crippen molar-refractivity contribution in [3.8, 4) is 5.69 Å². The number of benzene rings is 1. The normalized spacial score (nSPS) is 13.5. The van der Waals surface area contributed by atoms with E-state index in [2.05, 4.69) is 24.3 Å². The number of nitro benzene ring substituents is 1. The monoisotopic (exact) mass is 345 g/mol. The molecular weight excluding hydrogens is 322 g/mol. The average molecular weight is 345 g/mol.